The van der Waals surface area contributed by atoms with Crippen LogP contribution in [0.2, 0.25) is 0 Å². The van der Waals surface area contributed by atoms with Gasteiger partial charge in [-0.1, -0.05) is 23.9 Å². The van der Waals surface area contributed by atoms with Crippen molar-refractivity contribution in [3.63, 3.8) is 0 Å². The molecule has 0 atom stereocenters. The minimum Gasteiger partial charge on any atom is -0.311 e. The summed E-state index contributed by atoms with van der Waals surface area (Å²) in [6.07, 6.45) is -2.71. The molecule has 0 fully saturated rings. The van der Waals surface area contributed by atoms with Gasteiger partial charge in [-0.15, -0.1) is 11.8 Å². The molecule has 0 aliphatic carbocycles. The zero-order valence-electron chi connectivity index (χ0n) is 13.1. The predicted molar refractivity (Wildman–Crippen MR) is 94.1 cm³/mol. The van der Waals surface area contributed by atoms with Gasteiger partial charge in [0.2, 0.25) is 5.91 Å². The van der Waals surface area contributed by atoms with Crippen molar-refractivity contribution in [2.75, 3.05) is 23.0 Å². The van der Waals surface area contributed by atoms with E-state index >= 15 is 0 Å². The van der Waals surface area contributed by atoms with Crippen molar-refractivity contribution in [2.24, 2.45) is 0 Å². The van der Waals surface area contributed by atoms with E-state index in [0.29, 0.717) is 11.6 Å². The number of anilines is 1. The lowest BCUT2D eigenvalue weighted by Crippen LogP contribution is -2.33. The zero-order valence-corrected chi connectivity index (χ0v) is 14.8. The van der Waals surface area contributed by atoms with Gasteiger partial charge in [-0.2, -0.15) is 13.2 Å². The third-order valence-electron chi connectivity index (χ3n) is 3.65. The van der Waals surface area contributed by atoms with Gasteiger partial charge in [0.25, 0.3) is 0 Å². The Labute approximate surface area is 152 Å². The van der Waals surface area contributed by atoms with Crippen LogP contribution in [0, 0.1) is 0 Å². The number of hydrogen-bond acceptors (Lipinski definition) is 4. The molecule has 0 unspecified atom stereocenters. The molecule has 8 heteroatoms. The van der Waals surface area contributed by atoms with Gasteiger partial charge >= 0.3 is 6.18 Å². The van der Waals surface area contributed by atoms with Crippen LogP contribution in [0.25, 0.3) is 0 Å². The summed E-state index contributed by atoms with van der Waals surface area (Å²) >= 11 is 2.88. The number of rotatable bonds is 3. The van der Waals surface area contributed by atoms with Crippen molar-refractivity contribution in [1.82, 2.24) is 4.98 Å². The van der Waals surface area contributed by atoms with Crippen molar-refractivity contribution < 1.29 is 18.0 Å². The lowest BCUT2D eigenvalue weighted by atomic mass is 10.2. The van der Waals surface area contributed by atoms with Gasteiger partial charge < -0.3 is 4.90 Å². The third kappa shape index (κ3) is 4.49. The van der Waals surface area contributed by atoms with Gasteiger partial charge in [0.1, 0.15) is 0 Å². The second-order valence-corrected chi connectivity index (χ2v) is 7.52. The molecule has 0 bridgehead atoms. The average molecular weight is 384 g/mol. The van der Waals surface area contributed by atoms with Gasteiger partial charge in [0, 0.05) is 17.6 Å². The maximum atomic E-state index is 12.6. The molecule has 3 nitrogen and oxygen atoms in total. The molecular formula is C17H15F3N2OS2. The standard InChI is InChI=1S/C17H15F3N2OS2/c18-17(19,20)12-6-7-15(21-10-12)25-11-16(23)22-8-3-9-24-14-5-2-1-4-13(14)22/h1-2,4-7,10H,3,8-9,11H2. The van der Waals surface area contributed by atoms with Gasteiger partial charge in [-0.05, 0) is 36.4 Å². The molecule has 132 valence electrons. The summed E-state index contributed by atoms with van der Waals surface area (Å²) in [5, 5.41) is 0.402. The number of aromatic nitrogens is 1. The fourth-order valence-corrected chi connectivity index (χ4v) is 4.15. The molecule has 1 aromatic heterocycles. The second kappa shape index (κ2) is 7.70. The van der Waals surface area contributed by atoms with E-state index in [1.807, 2.05) is 24.3 Å². The topological polar surface area (TPSA) is 33.2 Å². The molecule has 2 aromatic rings. The molecule has 2 heterocycles. The molecule has 0 radical (unpaired) electrons. The monoisotopic (exact) mass is 384 g/mol. The summed E-state index contributed by atoms with van der Waals surface area (Å²) in [6, 6.07) is 10.0. The molecule has 1 aliphatic heterocycles. The van der Waals surface area contributed by atoms with Crippen LogP contribution in [-0.2, 0) is 11.0 Å². The summed E-state index contributed by atoms with van der Waals surface area (Å²) in [7, 11) is 0. The Balaban J connectivity index is 1.67. The van der Waals surface area contributed by atoms with Crippen molar-refractivity contribution in [2.45, 2.75) is 22.5 Å². The molecule has 0 spiro atoms. The Bertz CT molecular complexity index is 750. The number of pyridine rings is 1. The first-order valence-corrected chi connectivity index (χ1v) is 9.60. The van der Waals surface area contributed by atoms with Crippen LogP contribution in [0.5, 0.6) is 0 Å². The summed E-state index contributed by atoms with van der Waals surface area (Å²) < 4.78 is 37.6. The molecule has 1 aliphatic rings. The number of thioether (sulfide) groups is 2. The highest BCUT2D eigenvalue weighted by atomic mass is 32.2. The van der Waals surface area contributed by atoms with Crippen molar-refractivity contribution in [3.05, 3.63) is 48.2 Å². The zero-order chi connectivity index (χ0) is 17.9. The van der Waals surface area contributed by atoms with E-state index < -0.39 is 11.7 Å². The molecule has 0 N–H and O–H groups in total. The highest BCUT2D eigenvalue weighted by Crippen LogP contribution is 2.34. The SMILES string of the molecule is O=C(CSc1ccc(C(F)(F)F)cn1)N1CCCSc2ccccc21. The summed E-state index contributed by atoms with van der Waals surface area (Å²) in [6.45, 7) is 0.643. The normalized spacial score (nSPS) is 14.8. The first kappa shape index (κ1) is 18.1. The average Bonchev–Trinajstić information content (AvgIpc) is 2.82. The number of benzene rings is 1. The molecule has 0 saturated heterocycles. The first-order chi connectivity index (χ1) is 11.9. The first-order valence-electron chi connectivity index (χ1n) is 7.63. The molecule has 3 rings (SSSR count). The van der Waals surface area contributed by atoms with Crippen molar-refractivity contribution in [1.29, 1.82) is 0 Å². The lowest BCUT2D eigenvalue weighted by Gasteiger charge is -2.22. The Morgan fingerprint density at radius 1 is 1.24 bits per heavy atom. The van der Waals surface area contributed by atoms with Crippen LogP contribution in [0.15, 0.2) is 52.5 Å². The van der Waals surface area contributed by atoms with E-state index in [0.717, 1.165) is 46.8 Å². The van der Waals surface area contributed by atoms with E-state index in [9.17, 15) is 18.0 Å². The molecule has 0 saturated carbocycles. The van der Waals surface area contributed by atoms with Crippen molar-refractivity contribution >= 4 is 35.1 Å². The smallest absolute Gasteiger partial charge is 0.311 e. The van der Waals surface area contributed by atoms with Crippen LogP contribution in [0.3, 0.4) is 0 Å². The fourth-order valence-electron chi connectivity index (χ4n) is 2.43. The molecule has 1 amide bonds. The highest BCUT2D eigenvalue weighted by Gasteiger charge is 2.30. The van der Waals surface area contributed by atoms with Crippen LogP contribution < -0.4 is 4.90 Å². The van der Waals surface area contributed by atoms with Crippen LogP contribution >= 0.6 is 23.5 Å². The molecule has 1 aromatic carbocycles. The summed E-state index contributed by atoms with van der Waals surface area (Å²) in [5.74, 6) is 1.02. The number of hydrogen-bond donors (Lipinski definition) is 0. The van der Waals surface area contributed by atoms with Gasteiger partial charge in [-0.25, -0.2) is 4.98 Å². The van der Waals surface area contributed by atoms with Crippen LogP contribution in [-0.4, -0.2) is 28.9 Å². The summed E-state index contributed by atoms with van der Waals surface area (Å²) in [4.78, 5) is 19.2. The number of carbonyl (C=O) groups excluding carboxylic acids is 1. The lowest BCUT2D eigenvalue weighted by molar-refractivity contribution is -0.137. The number of amides is 1. The van der Waals surface area contributed by atoms with E-state index in [1.54, 1.807) is 16.7 Å². The number of fused-ring (bicyclic) bond motifs is 1. The Kier molecular flexibility index (Phi) is 5.58. The number of alkyl halides is 3. The number of halogens is 3. The maximum absolute atomic E-state index is 12.6. The minimum absolute atomic E-state index is 0.0679. The van der Waals surface area contributed by atoms with Gasteiger partial charge in [0.05, 0.1) is 22.0 Å². The van der Waals surface area contributed by atoms with Crippen molar-refractivity contribution in [3.8, 4) is 0 Å². The minimum atomic E-state index is -4.40. The Morgan fingerprint density at radius 3 is 2.76 bits per heavy atom. The third-order valence-corrected chi connectivity index (χ3v) is 5.73. The van der Waals surface area contributed by atoms with Gasteiger partial charge in [-0.3, -0.25) is 4.79 Å². The Morgan fingerprint density at radius 2 is 2.04 bits per heavy atom. The maximum Gasteiger partial charge on any atom is 0.417 e. The number of nitrogens with zero attached hydrogens (tertiary/aromatic N) is 2. The van der Waals surface area contributed by atoms with E-state index in [4.69, 9.17) is 0 Å². The molecule has 25 heavy (non-hydrogen) atoms. The highest BCUT2D eigenvalue weighted by molar-refractivity contribution is 8.00. The summed E-state index contributed by atoms with van der Waals surface area (Å²) in [5.41, 5.74) is 0.109. The van der Waals surface area contributed by atoms with E-state index in [-0.39, 0.29) is 11.7 Å². The van der Waals surface area contributed by atoms with Crippen LogP contribution in [0.4, 0.5) is 18.9 Å². The number of para-hydroxylation sites is 1. The van der Waals surface area contributed by atoms with Crippen LogP contribution in [0.1, 0.15) is 12.0 Å². The molecular weight excluding hydrogens is 369 g/mol. The Hall–Kier alpha value is -1.67. The van der Waals surface area contributed by atoms with E-state index in [1.165, 1.54) is 6.07 Å². The van der Waals surface area contributed by atoms with Gasteiger partial charge in [0.15, 0.2) is 0 Å². The largest absolute Gasteiger partial charge is 0.417 e. The number of carbonyl (C=O) groups is 1. The fraction of sp³-hybridized carbons (Fsp3) is 0.294. The quantitative estimate of drug-likeness (QED) is 0.717. The second-order valence-electron chi connectivity index (χ2n) is 5.39. The predicted octanol–water partition coefficient (Wildman–Crippen LogP) is 4.72. The van der Waals surface area contributed by atoms with E-state index in [2.05, 4.69) is 4.98 Å².